The van der Waals surface area contributed by atoms with Crippen LogP contribution >= 0.6 is 7.82 Å². The maximum Gasteiger partial charge on any atom is 0.466 e. The quantitative estimate of drug-likeness (QED) is 0.373. The smallest absolute Gasteiger partial charge is 0.441 e. The summed E-state index contributed by atoms with van der Waals surface area (Å²) in [5.74, 6) is -0.117. The van der Waals surface area contributed by atoms with E-state index >= 15 is 0 Å². The van der Waals surface area contributed by atoms with Gasteiger partial charge in [-0.15, -0.1) is 10.2 Å². The number of rotatable bonds is 5. The van der Waals surface area contributed by atoms with Gasteiger partial charge in [-0.1, -0.05) is 13.0 Å². The second-order valence-electron chi connectivity index (χ2n) is 7.22. The van der Waals surface area contributed by atoms with E-state index in [1.807, 2.05) is 0 Å². The van der Waals surface area contributed by atoms with Gasteiger partial charge in [-0.25, -0.2) is 13.8 Å². The van der Waals surface area contributed by atoms with Crippen molar-refractivity contribution in [2.24, 2.45) is 7.05 Å². The number of tetrazole rings is 1. The number of halogens is 1. The van der Waals surface area contributed by atoms with Crippen molar-refractivity contribution in [2.45, 2.75) is 25.6 Å². The summed E-state index contributed by atoms with van der Waals surface area (Å²) in [6, 6.07) is 7.90. The van der Waals surface area contributed by atoms with Crippen LogP contribution in [0.15, 0.2) is 36.5 Å². The fourth-order valence-electron chi connectivity index (χ4n) is 3.14. The number of aliphatic hydroxyl groups excluding tert-OH is 1. The van der Waals surface area contributed by atoms with Crippen LogP contribution in [-0.2, 0) is 16.3 Å². The SMILES string of the molecule is CCC(O)[C@@H]1CN(c2ccc(-c3ccc(-c4nnn(C)n4)nc3)c(F)c2)C(=O)O1.O=P(O)(O)O. The molecule has 1 amide bonds. The number of benzene rings is 1. The number of phosphoric acid groups is 1. The van der Waals surface area contributed by atoms with E-state index in [9.17, 15) is 14.3 Å². The highest BCUT2D eigenvalue weighted by Crippen LogP contribution is 2.30. The highest BCUT2D eigenvalue weighted by Gasteiger charge is 2.36. The molecule has 1 unspecified atom stereocenters. The predicted molar refractivity (Wildman–Crippen MR) is 116 cm³/mol. The van der Waals surface area contributed by atoms with Crippen LogP contribution in [0.4, 0.5) is 14.9 Å². The molecule has 0 spiro atoms. The largest absolute Gasteiger partial charge is 0.466 e. The molecular formula is C19H22FN6O7P. The number of hydrogen-bond donors (Lipinski definition) is 4. The highest BCUT2D eigenvalue weighted by molar-refractivity contribution is 7.45. The van der Waals surface area contributed by atoms with Crippen LogP contribution < -0.4 is 4.90 Å². The number of carbonyl (C=O) groups is 1. The van der Waals surface area contributed by atoms with Gasteiger partial charge in [-0.05, 0) is 35.9 Å². The number of hydrogen-bond acceptors (Lipinski definition) is 8. The summed E-state index contributed by atoms with van der Waals surface area (Å²) in [4.78, 5) is 40.6. The molecule has 182 valence electrons. The van der Waals surface area contributed by atoms with Crippen molar-refractivity contribution >= 4 is 19.6 Å². The lowest BCUT2D eigenvalue weighted by Gasteiger charge is -2.16. The van der Waals surface area contributed by atoms with Crippen LogP contribution in [0.3, 0.4) is 0 Å². The highest BCUT2D eigenvalue weighted by atomic mass is 31.2. The van der Waals surface area contributed by atoms with E-state index in [2.05, 4.69) is 20.4 Å². The van der Waals surface area contributed by atoms with Gasteiger partial charge in [0, 0.05) is 17.3 Å². The number of ether oxygens (including phenoxy) is 1. The van der Waals surface area contributed by atoms with Crippen LogP contribution in [0.5, 0.6) is 0 Å². The third-order valence-corrected chi connectivity index (χ3v) is 4.76. The van der Waals surface area contributed by atoms with Crippen molar-refractivity contribution in [1.82, 2.24) is 25.2 Å². The average Bonchev–Trinajstić information content (AvgIpc) is 3.38. The molecule has 1 aromatic carbocycles. The summed E-state index contributed by atoms with van der Waals surface area (Å²) >= 11 is 0. The molecule has 3 heterocycles. The number of amides is 1. The minimum Gasteiger partial charge on any atom is -0.441 e. The Hall–Kier alpha value is -3.29. The van der Waals surface area contributed by atoms with Gasteiger partial charge in [-0.2, -0.15) is 4.80 Å². The summed E-state index contributed by atoms with van der Waals surface area (Å²) in [5.41, 5.74) is 1.82. The van der Waals surface area contributed by atoms with Crippen molar-refractivity contribution < 1.29 is 38.3 Å². The first-order valence-corrected chi connectivity index (χ1v) is 11.5. The molecule has 4 rings (SSSR count). The van der Waals surface area contributed by atoms with E-state index in [-0.39, 0.29) is 6.54 Å². The van der Waals surface area contributed by atoms with E-state index in [0.717, 1.165) is 0 Å². The Morgan fingerprint density at radius 1 is 1.26 bits per heavy atom. The van der Waals surface area contributed by atoms with E-state index in [4.69, 9.17) is 24.0 Å². The Morgan fingerprint density at radius 2 is 1.97 bits per heavy atom. The van der Waals surface area contributed by atoms with Crippen LogP contribution in [0.1, 0.15) is 13.3 Å². The van der Waals surface area contributed by atoms with E-state index in [0.29, 0.717) is 34.8 Å². The van der Waals surface area contributed by atoms with Crippen LogP contribution in [0.2, 0.25) is 0 Å². The fraction of sp³-hybridized carbons (Fsp3) is 0.316. The third kappa shape index (κ3) is 6.40. The molecule has 1 aliphatic rings. The standard InChI is InChI=1S/C19H19FN6O3.H3O4P/c1-3-16(27)17-10-26(19(28)29-17)12-5-6-13(14(20)8-12)11-4-7-15(21-9-11)18-22-24-25(2)23-18;1-5(2,3)4/h4-9,16-17,27H,3,10H2,1-2H3;(H3,1,2,3,4)/t16?,17-;/m0./s1. The van der Waals surface area contributed by atoms with Gasteiger partial charge in [-0.3, -0.25) is 9.88 Å². The molecular weight excluding hydrogens is 474 g/mol. The minimum absolute atomic E-state index is 0.175. The summed E-state index contributed by atoms with van der Waals surface area (Å²) in [7, 11) is -2.98. The zero-order valence-electron chi connectivity index (χ0n) is 18.1. The molecule has 0 aliphatic carbocycles. The van der Waals surface area contributed by atoms with Gasteiger partial charge in [0.1, 0.15) is 17.6 Å². The Morgan fingerprint density at radius 3 is 2.50 bits per heavy atom. The maximum atomic E-state index is 14.8. The molecule has 1 fully saturated rings. The number of aromatic nitrogens is 5. The molecule has 34 heavy (non-hydrogen) atoms. The lowest BCUT2D eigenvalue weighted by molar-refractivity contribution is 0.0308. The summed E-state index contributed by atoms with van der Waals surface area (Å²) in [6.07, 6.45) is 0.0218. The molecule has 4 N–H and O–H groups in total. The second kappa shape index (κ2) is 10.3. The van der Waals surface area contributed by atoms with Gasteiger partial charge >= 0.3 is 13.9 Å². The normalized spacial score (nSPS) is 16.6. The number of anilines is 1. The Labute approximate surface area is 192 Å². The van der Waals surface area contributed by atoms with Crippen molar-refractivity contribution in [1.29, 1.82) is 0 Å². The molecule has 1 aliphatic heterocycles. The second-order valence-corrected chi connectivity index (χ2v) is 8.25. The van der Waals surface area contributed by atoms with Gasteiger partial charge < -0.3 is 24.5 Å². The first-order valence-electron chi connectivity index (χ1n) is 9.91. The summed E-state index contributed by atoms with van der Waals surface area (Å²) < 4.78 is 28.8. The molecule has 15 heteroatoms. The third-order valence-electron chi connectivity index (χ3n) is 4.76. The summed E-state index contributed by atoms with van der Waals surface area (Å²) in [6.45, 7) is 1.98. The van der Waals surface area contributed by atoms with Gasteiger partial charge in [0.25, 0.3) is 0 Å². The summed E-state index contributed by atoms with van der Waals surface area (Å²) in [5, 5.41) is 21.6. The topological polar surface area (TPSA) is 184 Å². The number of carbonyl (C=O) groups excluding carboxylic acids is 1. The molecule has 13 nitrogen and oxygen atoms in total. The molecule has 0 radical (unpaired) electrons. The number of aryl methyl sites for hydroxylation is 1. The van der Waals surface area contributed by atoms with Crippen molar-refractivity contribution in [3.05, 3.63) is 42.3 Å². The zero-order chi connectivity index (χ0) is 25.0. The van der Waals surface area contributed by atoms with E-state index < -0.39 is 31.9 Å². The monoisotopic (exact) mass is 496 g/mol. The first-order chi connectivity index (χ1) is 16.0. The number of aliphatic hydroxyl groups is 1. The van der Waals surface area contributed by atoms with Gasteiger partial charge in [0.2, 0.25) is 5.82 Å². The fourth-order valence-corrected chi connectivity index (χ4v) is 3.14. The zero-order valence-corrected chi connectivity index (χ0v) is 18.9. The molecule has 0 saturated carbocycles. The number of pyridine rings is 1. The maximum absolute atomic E-state index is 14.8. The van der Waals surface area contributed by atoms with Crippen LogP contribution in [-0.4, -0.2) is 69.8 Å². The lowest BCUT2D eigenvalue weighted by atomic mass is 10.1. The van der Waals surface area contributed by atoms with E-state index in [1.165, 1.54) is 22.0 Å². The van der Waals surface area contributed by atoms with Gasteiger partial charge in [0.15, 0.2) is 0 Å². The van der Waals surface area contributed by atoms with E-state index in [1.54, 1.807) is 38.2 Å². The van der Waals surface area contributed by atoms with Gasteiger partial charge in [0.05, 0.1) is 25.4 Å². The average molecular weight is 496 g/mol. The lowest BCUT2D eigenvalue weighted by Crippen LogP contribution is -2.30. The Kier molecular flexibility index (Phi) is 7.69. The molecule has 1 saturated heterocycles. The minimum atomic E-state index is -4.64. The van der Waals surface area contributed by atoms with Crippen LogP contribution in [0.25, 0.3) is 22.6 Å². The molecule has 2 atom stereocenters. The Balaban J connectivity index is 0.000000588. The molecule has 0 bridgehead atoms. The number of cyclic esters (lactones) is 1. The Bertz CT molecular complexity index is 1190. The van der Waals surface area contributed by atoms with Crippen molar-refractivity contribution in [3.8, 4) is 22.6 Å². The number of nitrogens with zero attached hydrogens (tertiary/aromatic N) is 6. The first kappa shape index (κ1) is 25.3. The van der Waals surface area contributed by atoms with Crippen molar-refractivity contribution in [3.63, 3.8) is 0 Å². The molecule has 3 aromatic rings. The van der Waals surface area contributed by atoms with Crippen molar-refractivity contribution in [2.75, 3.05) is 11.4 Å². The van der Waals surface area contributed by atoms with Crippen LogP contribution in [0, 0.1) is 5.82 Å². The molecule has 2 aromatic heterocycles. The predicted octanol–water partition coefficient (Wildman–Crippen LogP) is 1.25.